The number of hydrogen-bond acceptors (Lipinski definition) is 4. The first-order valence-corrected chi connectivity index (χ1v) is 7.88. The molecular formula is C15H23NO3S. The lowest BCUT2D eigenvalue weighted by Gasteiger charge is -2.30. The van der Waals surface area contributed by atoms with Gasteiger partial charge in [0, 0.05) is 16.3 Å². The minimum atomic E-state index is -0.462. The smallest absolute Gasteiger partial charge is 0.410 e. The number of carbonyl (C=O) groups is 1. The Morgan fingerprint density at radius 3 is 2.70 bits per heavy atom. The van der Waals surface area contributed by atoms with Crippen molar-refractivity contribution >= 4 is 17.4 Å². The van der Waals surface area contributed by atoms with Crippen molar-refractivity contribution in [2.45, 2.75) is 59.3 Å². The molecule has 2 rings (SSSR count). The first-order valence-electron chi connectivity index (χ1n) is 7.06. The number of aliphatic hydroxyl groups is 1. The molecule has 4 nitrogen and oxygen atoms in total. The van der Waals surface area contributed by atoms with E-state index in [0.717, 1.165) is 17.7 Å². The van der Waals surface area contributed by atoms with Gasteiger partial charge >= 0.3 is 6.09 Å². The van der Waals surface area contributed by atoms with Crippen molar-refractivity contribution < 1.29 is 14.6 Å². The number of rotatable bonds is 2. The number of aliphatic hydroxyl groups excluding tert-OH is 1. The molecule has 0 spiro atoms. The van der Waals surface area contributed by atoms with E-state index in [9.17, 15) is 9.90 Å². The van der Waals surface area contributed by atoms with Crippen molar-refractivity contribution in [2.24, 2.45) is 0 Å². The Hall–Kier alpha value is -1.07. The van der Waals surface area contributed by atoms with Gasteiger partial charge in [0.25, 0.3) is 0 Å². The van der Waals surface area contributed by atoms with Gasteiger partial charge in [-0.2, -0.15) is 0 Å². The van der Waals surface area contributed by atoms with E-state index in [-0.39, 0.29) is 12.7 Å². The number of carbonyl (C=O) groups excluding carboxylic acids is 1. The van der Waals surface area contributed by atoms with Crippen molar-refractivity contribution in [3.63, 3.8) is 0 Å². The van der Waals surface area contributed by atoms with Crippen LogP contribution in [0.5, 0.6) is 0 Å². The molecule has 112 valence electrons. The van der Waals surface area contributed by atoms with E-state index in [1.54, 1.807) is 16.2 Å². The van der Waals surface area contributed by atoms with Crippen LogP contribution in [0.25, 0.3) is 0 Å². The first-order chi connectivity index (χ1) is 9.35. The summed E-state index contributed by atoms with van der Waals surface area (Å²) in [4.78, 5) is 16.3. The topological polar surface area (TPSA) is 49.8 Å². The van der Waals surface area contributed by atoms with Crippen LogP contribution in [-0.4, -0.2) is 28.2 Å². The molecule has 0 radical (unpaired) electrons. The molecule has 0 unspecified atom stereocenters. The zero-order valence-corrected chi connectivity index (χ0v) is 13.5. The van der Waals surface area contributed by atoms with Crippen LogP contribution < -0.4 is 0 Å². The van der Waals surface area contributed by atoms with Crippen molar-refractivity contribution in [1.29, 1.82) is 0 Å². The van der Waals surface area contributed by atoms with Crippen LogP contribution in [0.15, 0.2) is 0 Å². The van der Waals surface area contributed by atoms with Gasteiger partial charge in [0.05, 0.1) is 13.2 Å². The molecule has 1 aromatic heterocycles. The lowest BCUT2D eigenvalue weighted by molar-refractivity contribution is 0.0225. The molecule has 0 bridgehead atoms. The van der Waals surface area contributed by atoms with Gasteiger partial charge in [0.15, 0.2) is 0 Å². The SMILES string of the molecule is CCc1c(CO)sc2c1CN(C(=O)OC(C)(C)C)CC2. The molecule has 0 aliphatic carbocycles. The van der Waals surface area contributed by atoms with Crippen LogP contribution in [0.2, 0.25) is 0 Å². The predicted octanol–water partition coefficient (Wildman–Crippen LogP) is 3.10. The highest BCUT2D eigenvalue weighted by Gasteiger charge is 2.28. The van der Waals surface area contributed by atoms with Crippen LogP contribution in [0.3, 0.4) is 0 Å². The zero-order chi connectivity index (χ0) is 14.9. The summed E-state index contributed by atoms with van der Waals surface area (Å²) in [6.45, 7) is 9.12. The summed E-state index contributed by atoms with van der Waals surface area (Å²) in [6.07, 6.45) is 1.50. The number of ether oxygens (including phenoxy) is 1. The molecule has 1 aromatic rings. The van der Waals surface area contributed by atoms with Crippen LogP contribution in [0.1, 0.15) is 48.6 Å². The Balaban J connectivity index is 2.18. The third kappa shape index (κ3) is 3.15. The monoisotopic (exact) mass is 297 g/mol. The average Bonchev–Trinajstić information content (AvgIpc) is 2.73. The quantitative estimate of drug-likeness (QED) is 0.912. The van der Waals surface area contributed by atoms with Gasteiger partial charge in [-0.3, -0.25) is 0 Å². The highest BCUT2D eigenvalue weighted by Crippen LogP contribution is 2.34. The van der Waals surface area contributed by atoms with Crippen molar-refractivity contribution in [2.75, 3.05) is 6.54 Å². The molecule has 0 fully saturated rings. The van der Waals surface area contributed by atoms with Crippen LogP contribution in [0.4, 0.5) is 4.79 Å². The van der Waals surface area contributed by atoms with Gasteiger partial charge < -0.3 is 14.7 Å². The molecule has 2 heterocycles. The molecular weight excluding hydrogens is 274 g/mol. The van der Waals surface area contributed by atoms with Crippen molar-refractivity contribution in [3.8, 4) is 0 Å². The van der Waals surface area contributed by atoms with E-state index in [1.165, 1.54) is 16.0 Å². The average molecular weight is 297 g/mol. The van der Waals surface area contributed by atoms with Crippen LogP contribution in [0, 0.1) is 0 Å². The highest BCUT2D eigenvalue weighted by molar-refractivity contribution is 7.12. The van der Waals surface area contributed by atoms with Crippen LogP contribution >= 0.6 is 11.3 Å². The highest BCUT2D eigenvalue weighted by atomic mass is 32.1. The lowest BCUT2D eigenvalue weighted by Crippen LogP contribution is -2.39. The molecule has 1 aliphatic rings. The van der Waals surface area contributed by atoms with Gasteiger partial charge in [-0.15, -0.1) is 11.3 Å². The van der Waals surface area contributed by atoms with E-state index in [4.69, 9.17) is 4.74 Å². The Morgan fingerprint density at radius 1 is 1.45 bits per heavy atom. The summed E-state index contributed by atoms with van der Waals surface area (Å²) >= 11 is 1.68. The first kappa shape index (κ1) is 15.3. The van der Waals surface area contributed by atoms with Gasteiger partial charge in [0.1, 0.15) is 5.60 Å². The summed E-state index contributed by atoms with van der Waals surface area (Å²) in [5.74, 6) is 0. The van der Waals surface area contributed by atoms with Gasteiger partial charge in [0.2, 0.25) is 0 Å². The standard InChI is InChI=1S/C15H23NO3S/c1-5-10-11-8-16(14(18)19-15(2,3)4)7-6-12(11)20-13(10)9-17/h17H,5-9H2,1-4H3. The number of nitrogens with zero attached hydrogens (tertiary/aromatic N) is 1. The summed E-state index contributed by atoms with van der Waals surface area (Å²) in [7, 11) is 0. The molecule has 5 heteroatoms. The predicted molar refractivity (Wildman–Crippen MR) is 80.0 cm³/mol. The van der Waals surface area contributed by atoms with E-state index in [2.05, 4.69) is 6.92 Å². The third-order valence-corrected chi connectivity index (χ3v) is 4.71. The fourth-order valence-electron chi connectivity index (χ4n) is 2.52. The zero-order valence-electron chi connectivity index (χ0n) is 12.7. The fraction of sp³-hybridized carbons (Fsp3) is 0.667. The number of amides is 1. The van der Waals surface area contributed by atoms with E-state index < -0.39 is 5.60 Å². The summed E-state index contributed by atoms with van der Waals surface area (Å²) < 4.78 is 5.44. The molecule has 1 N–H and O–H groups in total. The second-order valence-electron chi connectivity index (χ2n) is 6.07. The molecule has 1 amide bonds. The van der Waals surface area contributed by atoms with Crippen LogP contribution in [-0.2, 0) is 30.7 Å². The Labute approximate surface area is 124 Å². The largest absolute Gasteiger partial charge is 0.444 e. The summed E-state index contributed by atoms with van der Waals surface area (Å²) in [5, 5.41) is 9.43. The van der Waals surface area contributed by atoms with Crippen molar-refractivity contribution in [1.82, 2.24) is 4.90 Å². The molecule has 0 aromatic carbocycles. The van der Waals surface area contributed by atoms with Gasteiger partial charge in [-0.25, -0.2) is 4.79 Å². The normalized spacial score (nSPS) is 15.2. The number of fused-ring (bicyclic) bond motifs is 1. The molecule has 0 saturated carbocycles. The Morgan fingerprint density at radius 2 is 2.15 bits per heavy atom. The number of thiophene rings is 1. The molecule has 0 atom stereocenters. The second-order valence-corrected chi connectivity index (χ2v) is 7.26. The van der Waals surface area contributed by atoms with E-state index in [1.807, 2.05) is 20.8 Å². The fourth-order valence-corrected chi connectivity index (χ4v) is 3.78. The summed E-state index contributed by atoms with van der Waals surface area (Å²) in [6, 6.07) is 0. The number of hydrogen-bond donors (Lipinski definition) is 1. The van der Waals surface area contributed by atoms with E-state index in [0.29, 0.717) is 13.1 Å². The van der Waals surface area contributed by atoms with Gasteiger partial charge in [-0.05, 0) is 44.7 Å². The minimum absolute atomic E-state index is 0.0906. The maximum absolute atomic E-state index is 12.2. The van der Waals surface area contributed by atoms with E-state index >= 15 is 0 Å². The second kappa shape index (κ2) is 5.74. The third-order valence-electron chi connectivity index (χ3n) is 3.39. The molecule has 1 aliphatic heterocycles. The maximum Gasteiger partial charge on any atom is 0.410 e. The lowest BCUT2D eigenvalue weighted by atomic mass is 10.0. The van der Waals surface area contributed by atoms with Gasteiger partial charge in [-0.1, -0.05) is 6.92 Å². The van der Waals surface area contributed by atoms with Crippen molar-refractivity contribution in [3.05, 3.63) is 20.9 Å². The Kier molecular flexibility index (Phi) is 4.39. The maximum atomic E-state index is 12.2. The molecule has 20 heavy (non-hydrogen) atoms. The summed E-state index contributed by atoms with van der Waals surface area (Å²) in [5.41, 5.74) is 1.97. The minimum Gasteiger partial charge on any atom is -0.444 e. The molecule has 0 saturated heterocycles. The Bertz CT molecular complexity index is 502.